The highest BCUT2D eigenvalue weighted by atomic mass is 79.9. The van der Waals surface area contributed by atoms with Crippen LogP contribution in [0.15, 0.2) is 46.9 Å². The summed E-state index contributed by atoms with van der Waals surface area (Å²) < 4.78 is 14.1. The van der Waals surface area contributed by atoms with Crippen LogP contribution in [0.25, 0.3) is 0 Å². The maximum absolute atomic E-state index is 13.4. The Labute approximate surface area is 120 Å². The van der Waals surface area contributed by atoms with Crippen molar-refractivity contribution in [1.82, 2.24) is 0 Å². The number of fused-ring (bicyclic) bond motifs is 1. The molecule has 0 spiro atoms. The lowest BCUT2D eigenvalue weighted by Gasteiger charge is -2.32. The lowest BCUT2D eigenvalue weighted by Crippen LogP contribution is -2.22. The molecule has 2 aromatic rings. The number of halogens is 2. The molecule has 19 heavy (non-hydrogen) atoms. The van der Waals surface area contributed by atoms with Crippen molar-refractivity contribution in [2.24, 2.45) is 5.73 Å². The lowest BCUT2D eigenvalue weighted by molar-refractivity contribution is 0.496. The Morgan fingerprint density at radius 3 is 2.79 bits per heavy atom. The van der Waals surface area contributed by atoms with Crippen LogP contribution in [-0.2, 0) is 6.42 Å². The Kier molecular flexibility index (Phi) is 3.42. The van der Waals surface area contributed by atoms with E-state index in [1.54, 1.807) is 0 Å². The molecule has 3 heteroatoms. The molecule has 3 rings (SSSR count). The highest BCUT2D eigenvalue weighted by Crippen LogP contribution is 2.40. The van der Waals surface area contributed by atoms with Crippen molar-refractivity contribution in [3.8, 4) is 0 Å². The topological polar surface area (TPSA) is 26.0 Å². The molecule has 0 saturated carbocycles. The molecule has 0 fully saturated rings. The van der Waals surface area contributed by atoms with Gasteiger partial charge in [-0.15, -0.1) is 0 Å². The molecule has 0 saturated heterocycles. The van der Waals surface area contributed by atoms with Crippen molar-refractivity contribution in [3.05, 3.63) is 69.4 Å². The Hall–Kier alpha value is -1.19. The standard InChI is InChI=1S/C16H15BrFN/c17-13-6-12(7-14(18)9-13)16(19)8-11-5-10-3-1-2-4-15(10)11/h1-4,6-7,9,11,16H,5,8,19H2. The lowest BCUT2D eigenvalue weighted by atomic mass is 9.74. The molecule has 1 nitrogen and oxygen atoms in total. The summed E-state index contributed by atoms with van der Waals surface area (Å²) in [5.74, 6) is 0.266. The minimum absolute atomic E-state index is 0.120. The van der Waals surface area contributed by atoms with Gasteiger partial charge in [0.05, 0.1) is 0 Å². The van der Waals surface area contributed by atoms with E-state index in [4.69, 9.17) is 5.73 Å². The van der Waals surface area contributed by atoms with Crippen LogP contribution in [0, 0.1) is 5.82 Å². The maximum Gasteiger partial charge on any atom is 0.124 e. The van der Waals surface area contributed by atoms with Gasteiger partial charge in [-0.25, -0.2) is 4.39 Å². The maximum atomic E-state index is 13.4. The first-order valence-corrected chi connectivity index (χ1v) is 7.22. The Morgan fingerprint density at radius 1 is 1.26 bits per heavy atom. The highest BCUT2D eigenvalue weighted by molar-refractivity contribution is 9.10. The van der Waals surface area contributed by atoms with E-state index in [0.29, 0.717) is 5.92 Å². The number of hydrogen-bond acceptors (Lipinski definition) is 1. The summed E-state index contributed by atoms with van der Waals surface area (Å²) in [6.45, 7) is 0. The molecular weight excluding hydrogens is 305 g/mol. The quantitative estimate of drug-likeness (QED) is 0.895. The molecule has 0 radical (unpaired) electrons. The van der Waals surface area contributed by atoms with Gasteiger partial charge in [0.15, 0.2) is 0 Å². The molecule has 1 aliphatic rings. The number of benzene rings is 2. The van der Waals surface area contributed by atoms with Gasteiger partial charge in [-0.2, -0.15) is 0 Å². The third kappa shape index (κ3) is 2.58. The Bertz CT molecular complexity index is 591. The zero-order valence-electron chi connectivity index (χ0n) is 10.4. The summed E-state index contributed by atoms with van der Waals surface area (Å²) in [6, 6.07) is 13.2. The van der Waals surface area contributed by atoms with E-state index < -0.39 is 0 Å². The average molecular weight is 320 g/mol. The zero-order chi connectivity index (χ0) is 13.4. The first-order valence-electron chi connectivity index (χ1n) is 6.43. The largest absolute Gasteiger partial charge is 0.324 e. The Morgan fingerprint density at radius 2 is 2.05 bits per heavy atom. The normalized spacial score (nSPS) is 18.6. The summed E-state index contributed by atoms with van der Waals surface area (Å²) in [5, 5.41) is 0. The van der Waals surface area contributed by atoms with Gasteiger partial charge in [0, 0.05) is 10.5 Å². The van der Waals surface area contributed by atoms with Crippen molar-refractivity contribution < 1.29 is 4.39 Å². The molecule has 2 aromatic carbocycles. The molecule has 2 atom stereocenters. The highest BCUT2D eigenvalue weighted by Gasteiger charge is 2.27. The van der Waals surface area contributed by atoms with Crippen LogP contribution in [0.3, 0.4) is 0 Å². The fraction of sp³-hybridized carbons (Fsp3) is 0.250. The summed E-state index contributed by atoms with van der Waals surface area (Å²) in [5.41, 5.74) is 9.88. The molecule has 2 unspecified atom stereocenters. The van der Waals surface area contributed by atoms with Crippen molar-refractivity contribution in [1.29, 1.82) is 0 Å². The van der Waals surface area contributed by atoms with Gasteiger partial charge in [-0.1, -0.05) is 40.2 Å². The predicted molar refractivity (Wildman–Crippen MR) is 78.5 cm³/mol. The predicted octanol–water partition coefficient (Wildman–Crippen LogP) is 4.32. The molecular formula is C16H15BrFN. The van der Waals surface area contributed by atoms with Crippen molar-refractivity contribution >= 4 is 15.9 Å². The monoisotopic (exact) mass is 319 g/mol. The van der Waals surface area contributed by atoms with E-state index in [-0.39, 0.29) is 11.9 Å². The number of hydrogen-bond donors (Lipinski definition) is 1. The second kappa shape index (κ2) is 5.06. The SMILES string of the molecule is NC(CC1Cc2ccccc21)c1cc(F)cc(Br)c1. The summed E-state index contributed by atoms with van der Waals surface area (Å²) >= 11 is 3.31. The molecule has 0 aliphatic heterocycles. The summed E-state index contributed by atoms with van der Waals surface area (Å²) in [4.78, 5) is 0. The van der Waals surface area contributed by atoms with Gasteiger partial charge in [0.2, 0.25) is 0 Å². The summed E-state index contributed by atoms with van der Waals surface area (Å²) in [7, 11) is 0. The molecule has 0 heterocycles. The van der Waals surface area contributed by atoms with Crippen LogP contribution >= 0.6 is 15.9 Å². The van der Waals surface area contributed by atoms with E-state index in [1.165, 1.54) is 23.3 Å². The fourth-order valence-corrected chi connectivity index (χ4v) is 3.29. The minimum Gasteiger partial charge on any atom is -0.324 e. The molecule has 0 amide bonds. The van der Waals surface area contributed by atoms with E-state index in [0.717, 1.165) is 22.9 Å². The minimum atomic E-state index is -0.242. The van der Waals surface area contributed by atoms with Crippen LogP contribution in [0.1, 0.15) is 35.1 Å². The third-order valence-corrected chi connectivity index (χ3v) is 4.27. The van der Waals surface area contributed by atoms with E-state index in [9.17, 15) is 4.39 Å². The summed E-state index contributed by atoms with van der Waals surface area (Å²) in [6.07, 6.45) is 1.95. The smallest absolute Gasteiger partial charge is 0.124 e. The van der Waals surface area contributed by atoms with Crippen LogP contribution in [0.5, 0.6) is 0 Å². The van der Waals surface area contributed by atoms with E-state index in [2.05, 4.69) is 40.2 Å². The van der Waals surface area contributed by atoms with E-state index in [1.807, 2.05) is 6.07 Å². The van der Waals surface area contributed by atoms with Crippen LogP contribution < -0.4 is 5.73 Å². The first kappa shape index (κ1) is 12.8. The number of nitrogens with two attached hydrogens (primary N) is 1. The second-order valence-corrected chi connectivity index (χ2v) is 6.06. The van der Waals surface area contributed by atoms with Crippen LogP contribution in [0.4, 0.5) is 4.39 Å². The van der Waals surface area contributed by atoms with Crippen LogP contribution in [-0.4, -0.2) is 0 Å². The van der Waals surface area contributed by atoms with Gasteiger partial charge in [-0.3, -0.25) is 0 Å². The second-order valence-electron chi connectivity index (χ2n) is 5.14. The molecule has 2 N–H and O–H groups in total. The van der Waals surface area contributed by atoms with Crippen molar-refractivity contribution in [2.75, 3.05) is 0 Å². The zero-order valence-corrected chi connectivity index (χ0v) is 12.0. The van der Waals surface area contributed by atoms with E-state index >= 15 is 0 Å². The van der Waals surface area contributed by atoms with Crippen LogP contribution in [0.2, 0.25) is 0 Å². The molecule has 1 aliphatic carbocycles. The molecule has 0 aromatic heterocycles. The Balaban J connectivity index is 1.74. The fourth-order valence-electron chi connectivity index (χ4n) is 2.80. The average Bonchev–Trinajstić information content (AvgIpc) is 2.34. The van der Waals surface area contributed by atoms with Crippen molar-refractivity contribution in [3.63, 3.8) is 0 Å². The number of rotatable bonds is 3. The van der Waals surface area contributed by atoms with Gasteiger partial charge >= 0.3 is 0 Å². The molecule has 98 valence electrons. The first-order chi connectivity index (χ1) is 9.13. The van der Waals surface area contributed by atoms with Gasteiger partial charge in [-0.05, 0) is 53.6 Å². The van der Waals surface area contributed by atoms with Gasteiger partial charge < -0.3 is 5.73 Å². The molecule has 0 bridgehead atoms. The van der Waals surface area contributed by atoms with Crippen molar-refractivity contribution in [2.45, 2.75) is 24.8 Å². The third-order valence-electron chi connectivity index (χ3n) is 3.81. The van der Waals surface area contributed by atoms with Gasteiger partial charge in [0.1, 0.15) is 5.82 Å². The van der Waals surface area contributed by atoms with Gasteiger partial charge in [0.25, 0.3) is 0 Å².